The fourth-order valence-electron chi connectivity index (χ4n) is 4.36. The summed E-state index contributed by atoms with van der Waals surface area (Å²) in [5.74, 6) is 2.44. The third-order valence-electron chi connectivity index (χ3n) is 6.34. The molecule has 0 aliphatic heterocycles. The Bertz CT molecular complexity index is 852. The largest absolute Gasteiger partial charge is 0.497 e. The molecule has 5 heteroatoms. The molecule has 0 aromatic heterocycles. The molecule has 0 bridgehead atoms. The van der Waals surface area contributed by atoms with E-state index in [1.54, 1.807) is 7.11 Å². The second-order valence-corrected chi connectivity index (χ2v) is 8.63. The Morgan fingerprint density at radius 1 is 1.07 bits per heavy atom. The molecule has 0 saturated heterocycles. The van der Waals surface area contributed by atoms with Crippen LogP contribution in [0.15, 0.2) is 48.5 Å². The lowest BCUT2D eigenvalue weighted by atomic mass is 9.82. The zero-order chi connectivity index (χ0) is 21.1. The van der Waals surface area contributed by atoms with Crippen LogP contribution < -0.4 is 14.2 Å². The van der Waals surface area contributed by atoms with Crippen molar-refractivity contribution >= 4 is 5.97 Å². The molecule has 2 aliphatic rings. The standard InChI is InChI=1S/C25H30O5/c1-16(25(26)27)24(18-6-7-18)19-4-3-5-22(14-19)29-15-17-12-23(13-17)30-21-10-8-20(28-2)9-11-21/h3-5,8-11,14,16-18,23-24H,6-7,12-13,15H2,1-2H3,(H,26,27). The molecule has 30 heavy (non-hydrogen) atoms. The van der Waals surface area contributed by atoms with E-state index < -0.39 is 5.97 Å². The predicted molar refractivity (Wildman–Crippen MR) is 114 cm³/mol. The van der Waals surface area contributed by atoms with Crippen molar-refractivity contribution < 1.29 is 24.1 Å². The van der Waals surface area contributed by atoms with Crippen molar-refractivity contribution in [3.63, 3.8) is 0 Å². The number of carboxylic acids is 1. The minimum Gasteiger partial charge on any atom is -0.497 e. The Morgan fingerprint density at radius 3 is 2.40 bits per heavy atom. The smallest absolute Gasteiger partial charge is 0.306 e. The van der Waals surface area contributed by atoms with Gasteiger partial charge in [0.25, 0.3) is 0 Å². The maximum absolute atomic E-state index is 11.5. The SMILES string of the molecule is COc1ccc(OC2CC(COc3cccc(C(C4CC4)C(C)C(=O)O)c3)C2)cc1. The third-order valence-corrected chi connectivity index (χ3v) is 6.34. The summed E-state index contributed by atoms with van der Waals surface area (Å²) < 4.78 is 17.2. The molecule has 2 aliphatic carbocycles. The summed E-state index contributed by atoms with van der Waals surface area (Å²) in [5, 5.41) is 9.48. The van der Waals surface area contributed by atoms with Crippen LogP contribution in [0.2, 0.25) is 0 Å². The van der Waals surface area contributed by atoms with Crippen LogP contribution in [0.5, 0.6) is 17.2 Å². The lowest BCUT2D eigenvalue weighted by molar-refractivity contribution is -0.142. The van der Waals surface area contributed by atoms with Gasteiger partial charge in [0.1, 0.15) is 17.2 Å². The lowest BCUT2D eigenvalue weighted by Gasteiger charge is -2.35. The highest BCUT2D eigenvalue weighted by molar-refractivity contribution is 5.71. The van der Waals surface area contributed by atoms with Crippen molar-refractivity contribution in [1.82, 2.24) is 0 Å². The van der Waals surface area contributed by atoms with Gasteiger partial charge in [0.2, 0.25) is 0 Å². The summed E-state index contributed by atoms with van der Waals surface area (Å²) >= 11 is 0. The van der Waals surface area contributed by atoms with Crippen LogP contribution in [0.4, 0.5) is 0 Å². The van der Waals surface area contributed by atoms with Crippen LogP contribution in [-0.2, 0) is 4.79 Å². The number of ether oxygens (including phenoxy) is 3. The molecule has 2 unspecified atom stereocenters. The van der Waals surface area contributed by atoms with Crippen LogP contribution in [0, 0.1) is 17.8 Å². The minimum absolute atomic E-state index is 0.0667. The Balaban J connectivity index is 1.27. The van der Waals surface area contributed by atoms with Gasteiger partial charge in [0, 0.05) is 0 Å². The number of aliphatic carboxylic acids is 1. The van der Waals surface area contributed by atoms with Crippen LogP contribution in [0.25, 0.3) is 0 Å². The molecule has 2 aromatic carbocycles. The molecule has 1 N–H and O–H groups in total. The van der Waals surface area contributed by atoms with Crippen molar-refractivity contribution in [1.29, 1.82) is 0 Å². The first-order valence-corrected chi connectivity index (χ1v) is 10.8. The number of hydrogen-bond acceptors (Lipinski definition) is 4. The topological polar surface area (TPSA) is 65.0 Å². The molecule has 0 radical (unpaired) electrons. The highest BCUT2D eigenvalue weighted by atomic mass is 16.5. The second kappa shape index (κ2) is 8.99. The number of rotatable bonds is 10. The predicted octanol–water partition coefficient (Wildman–Crippen LogP) is 5.15. The molecule has 0 spiro atoms. The van der Waals surface area contributed by atoms with E-state index in [-0.39, 0.29) is 17.9 Å². The molecule has 2 atom stereocenters. The van der Waals surface area contributed by atoms with Gasteiger partial charge in [-0.2, -0.15) is 0 Å². The minimum atomic E-state index is -0.726. The summed E-state index contributed by atoms with van der Waals surface area (Å²) in [6, 6.07) is 15.7. The number of carboxylic acid groups (broad SMARTS) is 1. The Kier molecular flexibility index (Phi) is 6.16. The average molecular weight is 411 g/mol. The fourth-order valence-corrected chi connectivity index (χ4v) is 4.36. The molecule has 0 heterocycles. The van der Waals surface area contributed by atoms with Gasteiger partial charge in [0.15, 0.2) is 0 Å². The van der Waals surface area contributed by atoms with Gasteiger partial charge in [-0.25, -0.2) is 0 Å². The Hall–Kier alpha value is -2.69. The molecule has 0 amide bonds. The van der Waals surface area contributed by atoms with Gasteiger partial charge >= 0.3 is 5.97 Å². The third kappa shape index (κ3) is 4.89. The van der Waals surface area contributed by atoms with Gasteiger partial charge < -0.3 is 19.3 Å². The van der Waals surface area contributed by atoms with Crippen LogP contribution in [0.3, 0.4) is 0 Å². The monoisotopic (exact) mass is 410 g/mol. The molecule has 160 valence electrons. The zero-order valence-electron chi connectivity index (χ0n) is 17.6. The second-order valence-electron chi connectivity index (χ2n) is 8.63. The van der Waals surface area contributed by atoms with Crippen molar-refractivity contribution in [3.05, 3.63) is 54.1 Å². The van der Waals surface area contributed by atoms with Crippen LogP contribution in [0.1, 0.15) is 44.1 Å². The molecule has 2 fully saturated rings. The van der Waals surface area contributed by atoms with Crippen molar-refractivity contribution in [2.75, 3.05) is 13.7 Å². The summed E-state index contributed by atoms with van der Waals surface area (Å²) in [7, 11) is 1.65. The molecular formula is C25H30O5. The van der Waals surface area contributed by atoms with E-state index in [9.17, 15) is 9.90 Å². The highest BCUT2D eigenvalue weighted by Crippen LogP contribution is 2.47. The summed E-state index contributed by atoms with van der Waals surface area (Å²) in [4.78, 5) is 11.5. The maximum atomic E-state index is 11.5. The molecule has 2 aromatic rings. The van der Waals surface area contributed by atoms with E-state index in [0.29, 0.717) is 18.4 Å². The Morgan fingerprint density at radius 2 is 1.77 bits per heavy atom. The first kappa shape index (κ1) is 20.6. The van der Waals surface area contributed by atoms with Gasteiger partial charge in [-0.3, -0.25) is 4.79 Å². The molecule has 4 rings (SSSR count). The van der Waals surface area contributed by atoms with Crippen LogP contribution in [-0.4, -0.2) is 30.9 Å². The van der Waals surface area contributed by atoms with Crippen LogP contribution >= 0.6 is 0 Å². The number of benzene rings is 2. The first-order chi connectivity index (χ1) is 14.5. The van der Waals surface area contributed by atoms with Crippen molar-refractivity contribution in [2.45, 2.75) is 44.6 Å². The Labute approximate surface area is 178 Å². The molecule has 5 nitrogen and oxygen atoms in total. The summed E-state index contributed by atoms with van der Waals surface area (Å²) in [6.45, 7) is 2.48. The van der Waals surface area contributed by atoms with Gasteiger partial charge in [-0.1, -0.05) is 19.1 Å². The normalized spacial score (nSPS) is 22.5. The zero-order valence-corrected chi connectivity index (χ0v) is 17.6. The van der Waals surface area contributed by atoms with E-state index in [2.05, 4.69) is 0 Å². The van der Waals surface area contributed by atoms with E-state index in [4.69, 9.17) is 14.2 Å². The van der Waals surface area contributed by atoms with Gasteiger partial charge in [0.05, 0.1) is 25.7 Å². The molecule has 2 saturated carbocycles. The van der Waals surface area contributed by atoms with Crippen molar-refractivity contribution in [3.8, 4) is 17.2 Å². The first-order valence-electron chi connectivity index (χ1n) is 10.8. The number of hydrogen-bond donors (Lipinski definition) is 1. The van der Waals surface area contributed by atoms with Crippen molar-refractivity contribution in [2.24, 2.45) is 17.8 Å². The molecular weight excluding hydrogens is 380 g/mol. The van der Waals surface area contributed by atoms with E-state index in [1.807, 2.05) is 55.5 Å². The van der Waals surface area contributed by atoms with E-state index in [0.717, 1.165) is 48.5 Å². The van der Waals surface area contributed by atoms with Gasteiger partial charge in [-0.15, -0.1) is 0 Å². The quantitative estimate of drug-likeness (QED) is 0.587. The highest BCUT2D eigenvalue weighted by Gasteiger charge is 2.38. The summed E-state index contributed by atoms with van der Waals surface area (Å²) in [6.07, 6.45) is 4.42. The lowest BCUT2D eigenvalue weighted by Crippen LogP contribution is -2.37. The van der Waals surface area contributed by atoms with Gasteiger partial charge in [-0.05, 0) is 85.4 Å². The summed E-state index contributed by atoms with van der Waals surface area (Å²) in [5.41, 5.74) is 1.08. The fraction of sp³-hybridized carbons (Fsp3) is 0.480. The van der Waals surface area contributed by atoms with E-state index in [1.165, 1.54) is 0 Å². The maximum Gasteiger partial charge on any atom is 0.306 e. The number of methoxy groups -OCH3 is 1. The average Bonchev–Trinajstić information content (AvgIpc) is 3.55. The van der Waals surface area contributed by atoms with E-state index >= 15 is 0 Å². The number of carbonyl (C=O) groups is 1.